The average molecular weight is 503 g/mol. The van der Waals surface area contributed by atoms with E-state index in [9.17, 15) is 5.11 Å². The minimum atomic E-state index is 0.344. The van der Waals surface area contributed by atoms with E-state index in [0.717, 1.165) is 10.1 Å². The molecule has 0 radical (unpaired) electrons. The molecule has 7 aromatic carbocycles. The lowest BCUT2D eigenvalue weighted by Gasteiger charge is -2.18. The third-order valence-corrected chi connectivity index (χ3v) is 9.02. The molecule has 178 valence electrons. The molecule has 0 saturated carbocycles. The van der Waals surface area contributed by atoms with E-state index < -0.39 is 0 Å². The van der Waals surface area contributed by atoms with E-state index in [1.54, 1.807) is 17.4 Å². The molecule has 0 amide bonds. The average Bonchev–Trinajstić information content (AvgIpc) is 3.36. The quantitative estimate of drug-likeness (QED) is 0.233. The van der Waals surface area contributed by atoms with Crippen LogP contribution in [0.5, 0.6) is 5.75 Å². The van der Waals surface area contributed by atoms with Gasteiger partial charge in [0.2, 0.25) is 0 Å². The SMILES string of the molecule is Oc1cccc2c1sc1c(-c3c4ccccc4c(-c4ccc5ccccc5c4)c4ccccc34)cccc12. The van der Waals surface area contributed by atoms with Crippen LogP contribution in [0.1, 0.15) is 0 Å². The third kappa shape index (κ3) is 3.04. The predicted octanol–water partition coefficient (Wildman–Crippen LogP) is 10.6. The Morgan fingerprint density at radius 1 is 0.421 bits per heavy atom. The van der Waals surface area contributed by atoms with Gasteiger partial charge in [-0.2, -0.15) is 0 Å². The lowest BCUT2D eigenvalue weighted by atomic mass is 9.85. The molecule has 2 heteroatoms. The van der Waals surface area contributed by atoms with Gasteiger partial charge in [-0.25, -0.2) is 0 Å². The van der Waals surface area contributed by atoms with Crippen LogP contribution in [-0.4, -0.2) is 5.11 Å². The second kappa shape index (κ2) is 8.17. The molecule has 8 rings (SSSR count). The first-order chi connectivity index (χ1) is 18.8. The molecular formula is C36H22OS. The van der Waals surface area contributed by atoms with Gasteiger partial charge in [0, 0.05) is 21.0 Å². The summed E-state index contributed by atoms with van der Waals surface area (Å²) in [5.41, 5.74) is 4.96. The van der Waals surface area contributed by atoms with Crippen LogP contribution in [0.25, 0.3) is 74.7 Å². The maximum Gasteiger partial charge on any atom is 0.133 e. The fourth-order valence-electron chi connectivity index (χ4n) is 6.08. The van der Waals surface area contributed by atoms with Gasteiger partial charge >= 0.3 is 0 Å². The second-order valence-electron chi connectivity index (χ2n) is 9.84. The molecule has 0 atom stereocenters. The van der Waals surface area contributed by atoms with Crippen LogP contribution in [0.3, 0.4) is 0 Å². The summed E-state index contributed by atoms with van der Waals surface area (Å²) in [6, 6.07) is 45.3. The number of benzene rings is 7. The number of phenolic OH excluding ortho intramolecular Hbond substituents is 1. The summed E-state index contributed by atoms with van der Waals surface area (Å²) in [7, 11) is 0. The van der Waals surface area contributed by atoms with Crippen molar-refractivity contribution >= 4 is 63.8 Å². The van der Waals surface area contributed by atoms with Crippen molar-refractivity contribution < 1.29 is 5.11 Å². The maximum atomic E-state index is 10.6. The Morgan fingerprint density at radius 2 is 0.974 bits per heavy atom. The zero-order chi connectivity index (χ0) is 25.2. The Balaban J connectivity index is 1.53. The van der Waals surface area contributed by atoms with Crippen molar-refractivity contribution in [2.45, 2.75) is 0 Å². The normalized spacial score (nSPS) is 11.8. The molecule has 0 fully saturated rings. The largest absolute Gasteiger partial charge is 0.506 e. The van der Waals surface area contributed by atoms with Crippen molar-refractivity contribution in [2.24, 2.45) is 0 Å². The summed E-state index contributed by atoms with van der Waals surface area (Å²) in [5, 5.41) is 20.4. The fraction of sp³-hybridized carbons (Fsp3) is 0. The highest BCUT2D eigenvalue weighted by molar-refractivity contribution is 7.26. The Hall–Kier alpha value is -4.66. The van der Waals surface area contributed by atoms with Crippen molar-refractivity contribution in [1.82, 2.24) is 0 Å². The summed E-state index contributed by atoms with van der Waals surface area (Å²) in [6.07, 6.45) is 0. The van der Waals surface area contributed by atoms with E-state index >= 15 is 0 Å². The monoisotopic (exact) mass is 502 g/mol. The Morgan fingerprint density at radius 3 is 1.68 bits per heavy atom. The summed E-state index contributed by atoms with van der Waals surface area (Å²) >= 11 is 1.68. The first-order valence-corrected chi connectivity index (χ1v) is 13.7. The minimum Gasteiger partial charge on any atom is -0.506 e. The van der Waals surface area contributed by atoms with Crippen molar-refractivity contribution in [2.75, 3.05) is 0 Å². The van der Waals surface area contributed by atoms with Gasteiger partial charge in [-0.15, -0.1) is 11.3 Å². The molecule has 1 heterocycles. The predicted molar refractivity (Wildman–Crippen MR) is 164 cm³/mol. The molecule has 0 aliphatic rings. The van der Waals surface area contributed by atoms with Crippen molar-refractivity contribution in [3.8, 4) is 28.0 Å². The zero-order valence-corrected chi connectivity index (χ0v) is 21.3. The Labute approximate surface area is 223 Å². The van der Waals surface area contributed by atoms with Gasteiger partial charge in [-0.3, -0.25) is 0 Å². The molecule has 0 unspecified atom stereocenters. The first kappa shape index (κ1) is 21.4. The topological polar surface area (TPSA) is 20.2 Å². The highest BCUT2D eigenvalue weighted by Gasteiger charge is 2.19. The highest BCUT2D eigenvalue weighted by atomic mass is 32.1. The van der Waals surface area contributed by atoms with Gasteiger partial charge in [0.15, 0.2) is 0 Å². The highest BCUT2D eigenvalue weighted by Crippen LogP contribution is 2.48. The summed E-state index contributed by atoms with van der Waals surface area (Å²) < 4.78 is 2.15. The van der Waals surface area contributed by atoms with Gasteiger partial charge in [-0.1, -0.05) is 115 Å². The Kier molecular flexibility index (Phi) is 4.61. The van der Waals surface area contributed by atoms with E-state index in [0.29, 0.717) is 5.75 Å². The molecular weight excluding hydrogens is 480 g/mol. The number of hydrogen-bond donors (Lipinski definition) is 1. The van der Waals surface area contributed by atoms with Crippen LogP contribution in [0.2, 0.25) is 0 Å². The number of rotatable bonds is 2. The molecule has 0 bridgehead atoms. The molecule has 0 aliphatic heterocycles. The van der Waals surface area contributed by atoms with Gasteiger partial charge in [0.05, 0.1) is 4.70 Å². The zero-order valence-electron chi connectivity index (χ0n) is 20.5. The lowest BCUT2D eigenvalue weighted by molar-refractivity contribution is 0.482. The number of fused-ring (bicyclic) bond motifs is 6. The number of thiophene rings is 1. The van der Waals surface area contributed by atoms with E-state index in [4.69, 9.17) is 0 Å². The van der Waals surface area contributed by atoms with Crippen molar-refractivity contribution in [1.29, 1.82) is 0 Å². The fourth-order valence-corrected chi connectivity index (χ4v) is 7.31. The minimum absolute atomic E-state index is 0.344. The number of hydrogen-bond acceptors (Lipinski definition) is 2. The molecule has 1 nitrogen and oxygen atoms in total. The molecule has 38 heavy (non-hydrogen) atoms. The third-order valence-electron chi connectivity index (χ3n) is 7.74. The van der Waals surface area contributed by atoms with Gasteiger partial charge in [-0.05, 0) is 61.1 Å². The molecule has 0 aliphatic carbocycles. The van der Waals surface area contributed by atoms with E-state index in [1.165, 1.54) is 64.7 Å². The molecule has 0 spiro atoms. The van der Waals surface area contributed by atoms with E-state index in [2.05, 4.69) is 115 Å². The van der Waals surface area contributed by atoms with Crippen LogP contribution in [-0.2, 0) is 0 Å². The van der Waals surface area contributed by atoms with Gasteiger partial charge in [0.1, 0.15) is 5.75 Å². The van der Waals surface area contributed by atoms with Crippen LogP contribution < -0.4 is 0 Å². The van der Waals surface area contributed by atoms with Crippen molar-refractivity contribution in [3.63, 3.8) is 0 Å². The van der Waals surface area contributed by atoms with Crippen LogP contribution >= 0.6 is 11.3 Å². The number of phenols is 1. The van der Waals surface area contributed by atoms with Crippen LogP contribution in [0.4, 0.5) is 0 Å². The smallest absolute Gasteiger partial charge is 0.133 e. The summed E-state index contributed by atoms with van der Waals surface area (Å²) in [4.78, 5) is 0. The maximum absolute atomic E-state index is 10.6. The molecule has 1 aromatic heterocycles. The Bertz CT molecular complexity index is 2150. The van der Waals surface area contributed by atoms with Crippen molar-refractivity contribution in [3.05, 3.63) is 127 Å². The second-order valence-corrected chi connectivity index (χ2v) is 10.9. The number of aromatic hydroxyl groups is 1. The van der Waals surface area contributed by atoms with E-state index in [1.807, 2.05) is 6.07 Å². The summed E-state index contributed by atoms with van der Waals surface area (Å²) in [6.45, 7) is 0. The first-order valence-electron chi connectivity index (χ1n) is 12.8. The summed E-state index contributed by atoms with van der Waals surface area (Å²) in [5.74, 6) is 0.344. The lowest BCUT2D eigenvalue weighted by Crippen LogP contribution is -1.91. The van der Waals surface area contributed by atoms with Crippen LogP contribution in [0.15, 0.2) is 127 Å². The van der Waals surface area contributed by atoms with Crippen LogP contribution in [0, 0.1) is 0 Å². The molecule has 1 N–H and O–H groups in total. The van der Waals surface area contributed by atoms with Gasteiger partial charge in [0.25, 0.3) is 0 Å². The molecule has 8 aromatic rings. The standard InChI is InChI=1S/C36H22OS/c37-32-18-8-16-30-29-15-7-17-31(35(29)38-36(30)32)34-27-13-5-3-11-25(27)33(26-12-4-6-14-28(26)34)24-20-19-22-9-1-2-10-23(22)21-24/h1-21,37H. The molecule has 0 saturated heterocycles. The van der Waals surface area contributed by atoms with Gasteiger partial charge < -0.3 is 5.11 Å². The van der Waals surface area contributed by atoms with E-state index in [-0.39, 0.29) is 0 Å².